The number of fused-ring (bicyclic) bond motifs is 2. The zero-order chi connectivity index (χ0) is 25.7. The van der Waals surface area contributed by atoms with E-state index < -0.39 is 11.6 Å². The second-order valence-electron chi connectivity index (χ2n) is 10.2. The number of aliphatic hydroxyl groups excluding tert-OH is 1. The summed E-state index contributed by atoms with van der Waals surface area (Å²) in [5, 5.41) is 18.8. The predicted octanol–water partition coefficient (Wildman–Crippen LogP) is 3.30. The molecule has 6 rings (SSSR count). The van der Waals surface area contributed by atoms with Crippen LogP contribution in [0.5, 0.6) is 0 Å². The molecule has 2 aliphatic rings. The van der Waals surface area contributed by atoms with E-state index in [1.165, 1.54) is 11.1 Å². The van der Waals surface area contributed by atoms with Gasteiger partial charge in [0.15, 0.2) is 0 Å². The van der Waals surface area contributed by atoms with Gasteiger partial charge in [0.25, 0.3) is 5.91 Å². The van der Waals surface area contributed by atoms with Gasteiger partial charge in [-0.25, -0.2) is 4.98 Å². The predicted molar refractivity (Wildman–Crippen MR) is 137 cm³/mol. The van der Waals surface area contributed by atoms with E-state index in [9.17, 15) is 9.90 Å². The minimum Gasteiger partial charge on any atom is -0.389 e. The Bertz CT molecular complexity index is 1480. The highest BCUT2D eigenvalue weighted by Crippen LogP contribution is 2.33. The Balaban J connectivity index is 1.28. The Labute approximate surface area is 215 Å². The van der Waals surface area contributed by atoms with Crippen LogP contribution in [0.1, 0.15) is 52.3 Å². The van der Waals surface area contributed by atoms with E-state index in [1.54, 1.807) is 24.5 Å². The molecule has 0 bridgehead atoms. The molecule has 0 unspecified atom stereocenters. The zero-order valence-electron chi connectivity index (χ0n) is 21.3. The molecule has 1 amide bonds. The van der Waals surface area contributed by atoms with Crippen LogP contribution in [-0.2, 0) is 17.7 Å². The van der Waals surface area contributed by atoms with Gasteiger partial charge in [-0.05, 0) is 43.9 Å². The number of aryl methyl sites for hydroxylation is 1. The number of hydrogen-bond donors (Lipinski definition) is 2. The highest BCUT2D eigenvalue weighted by molar-refractivity contribution is 5.93. The van der Waals surface area contributed by atoms with Crippen LogP contribution >= 0.6 is 0 Å². The van der Waals surface area contributed by atoms with Crippen LogP contribution in [0, 0.1) is 6.92 Å². The molecule has 1 spiro atoms. The van der Waals surface area contributed by atoms with Crippen molar-refractivity contribution in [3.63, 3.8) is 0 Å². The molecule has 4 aromatic rings. The third-order valence-corrected chi connectivity index (χ3v) is 8.05. The summed E-state index contributed by atoms with van der Waals surface area (Å²) in [5.41, 5.74) is 6.54. The summed E-state index contributed by atoms with van der Waals surface area (Å²) in [4.78, 5) is 20.0. The summed E-state index contributed by atoms with van der Waals surface area (Å²) in [5.74, 6) is -0.187. The molecule has 37 heavy (non-hydrogen) atoms. The summed E-state index contributed by atoms with van der Waals surface area (Å²) >= 11 is 0. The number of piperidine rings is 1. The van der Waals surface area contributed by atoms with E-state index in [1.807, 2.05) is 42.6 Å². The average Bonchev–Trinajstić information content (AvgIpc) is 3.55. The molecule has 9 heteroatoms. The highest BCUT2D eigenvalue weighted by atomic mass is 16.5. The van der Waals surface area contributed by atoms with Crippen molar-refractivity contribution in [1.29, 1.82) is 0 Å². The molecule has 2 N–H and O–H groups in total. The summed E-state index contributed by atoms with van der Waals surface area (Å²) in [6.45, 7) is 5.37. The van der Waals surface area contributed by atoms with Gasteiger partial charge in [-0.2, -0.15) is 0 Å². The van der Waals surface area contributed by atoms with Crippen molar-refractivity contribution in [2.45, 2.75) is 51.0 Å². The largest absolute Gasteiger partial charge is 0.389 e. The van der Waals surface area contributed by atoms with Crippen molar-refractivity contribution < 1.29 is 19.2 Å². The number of pyridine rings is 1. The number of amides is 1. The number of aromatic nitrogens is 3. The van der Waals surface area contributed by atoms with Crippen LogP contribution in [-0.4, -0.2) is 62.3 Å². The first-order valence-corrected chi connectivity index (χ1v) is 12.6. The van der Waals surface area contributed by atoms with Gasteiger partial charge in [-0.1, -0.05) is 29.4 Å². The second kappa shape index (κ2) is 9.09. The van der Waals surface area contributed by atoms with Gasteiger partial charge in [-0.15, -0.1) is 0 Å². The molecule has 3 atom stereocenters. The standard InChI is InChI=1S/C28H31N5O4/c1-17-23(16-37-31-17)21-10-22(18(2)36-3)26-30-24(14-33(26)13-21)27(35)32-9-8-28(25(34)15-32)11-19-6-4-5-7-20(19)12-29-28/h4-7,10,13-14,16,18,25,29,34H,8-9,11-12,15H2,1-3H3/t18-,25-,28+/m1/s1. The number of likely N-dealkylation sites (tertiary alicyclic amines) is 1. The first kappa shape index (κ1) is 23.8. The molecule has 0 saturated carbocycles. The maximum atomic E-state index is 13.6. The molecular formula is C28H31N5O4. The lowest BCUT2D eigenvalue weighted by atomic mass is 9.76. The Kier molecular flexibility index (Phi) is 5.86. The van der Waals surface area contributed by atoms with Crippen molar-refractivity contribution in [2.75, 3.05) is 20.2 Å². The van der Waals surface area contributed by atoms with Crippen LogP contribution < -0.4 is 5.32 Å². The number of carbonyl (C=O) groups excluding carboxylic acids is 1. The van der Waals surface area contributed by atoms with E-state index in [4.69, 9.17) is 14.2 Å². The number of rotatable bonds is 4. The molecule has 2 aliphatic heterocycles. The second-order valence-corrected chi connectivity index (χ2v) is 10.2. The lowest BCUT2D eigenvalue weighted by Gasteiger charge is -2.48. The monoisotopic (exact) mass is 501 g/mol. The van der Waals surface area contributed by atoms with Gasteiger partial charge in [0.1, 0.15) is 17.6 Å². The number of methoxy groups -OCH3 is 1. The molecule has 9 nitrogen and oxygen atoms in total. The molecule has 1 saturated heterocycles. The molecule has 1 fully saturated rings. The van der Waals surface area contributed by atoms with E-state index in [-0.39, 0.29) is 18.6 Å². The van der Waals surface area contributed by atoms with Crippen LogP contribution in [0.2, 0.25) is 0 Å². The molecule has 0 radical (unpaired) electrons. The minimum absolute atomic E-state index is 0.187. The highest BCUT2D eigenvalue weighted by Gasteiger charge is 2.45. The number of hydrogen-bond acceptors (Lipinski definition) is 7. The topological polar surface area (TPSA) is 105 Å². The maximum Gasteiger partial charge on any atom is 0.274 e. The first-order chi connectivity index (χ1) is 17.9. The average molecular weight is 502 g/mol. The molecule has 5 heterocycles. The fraction of sp³-hybridized carbons (Fsp3) is 0.393. The molecule has 192 valence electrons. The zero-order valence-corrected chi connectivity index (χ0v) is 21.3. The number of aliphatic hydroxyl groups is 1. The number of imidazole rings is 1. The van der Waals surface area contributed by atoms with Crippen molar-refractivity contribution >= 4 is 11.6 Å². The number of carbonyl (C=O) groups is 1. The third kappa shape index (κ3) is 4.03. The van der Waals surface area contributed by atoms with Gasteiger partial charge < -0.3 is 29.0 Å². The van der Waals surface area contributed by atoms with E-state index in [0.717, 1.165) is 35.3 Å². The molecular weight excluding hydrogens is 470 g/mol. The Morgan fingerprint density at radius 3 is 2.84 bits per heavy atom. The van der Waals surface area contributed by atoms with Gasteiger partial charge >= 0.3 is 0 Å². The van der Waals surface area contributed by atoms with E-state index in [2.05, 4.69) is 22.6 Å². The van der Waals surface area contributed by atoms with Crippen LogP contribution in [0.4, 0.5) is 0 Å². The normalized spacial score (nSPS) is 22.4. The number of ether oxygens (including phenoxy) is 1. The number of β-amino-alcohol motifs (C(OH)–C–C–N with tert-alkyl or cyclic N) is 1. The lowest BCUT2D eigenvalue weighted by molar-refractivity contribution is -0.0140. The Morgan fingerprint density at radius 1 is 1.30 bits per heavy atom. The maximum absolute atomic E-state index is 13.6. The molecule has 3 aromatic heterocycles. The fourth-order valence-corrected chi connectivity index (χ4v) is 5.68. The quantitative estimate of drug-likeness (QED) is 0.442. The van der Waals surface area contributed by atoms with Crippen molar-refractivity contribution in [1.82, 2.24) is 24.8 Å². The van der Waals surface area contributed by atoms with Crippen LogP contribution in [0.15, 0.2) is 53.5 Å². The Morgan fingerprint density at radius 2 is 2.11 bits per heavy atom. The SMILES string of the molecule is CO[C@H](C)c1cc(-c2conc2C)cn2cc(C(=O)N3CC[C@]4(Cc5ccccc5CN4)[C@H](O)C3)nc12. The molecule has 1 aromatic carbocycles. The van der Waals surface area contributed by atoms with Crippen LogP contribution in [0.3, 0.4) is 0 Å². The number of nitrogens with zero attached hydrogens (tertiary/aromatic N) is 4. The summed E-state index contributed by atoms with van der Waals surface area (Å²) in [6.07, 6.45) is 5.81. The van der Waals surface area contributed by atoms with Gasteiger partial charge in [0.2, 0.25) is 0 Å². The summed E-state index contributed by atoms with van der Waals surface area (Å²) in [6, 6.07) is 10.3. The van der Waals surface area contributed by atoms with Gasteiger partial charge in [0.05, 0.1) is 23.4 Å². The lowest BCUT2D eigenvalue weighted by Crippen LogP contribution is -2.65. The van der Waals surface area contributed by atoms with Gasteiger partial charge in [0, 0.05) is 55.8 Å². The minimum atomic E-state index is -0.678. The number of nitrogens with one attached hydrogen (secondary N) is 1. The van der Waals surface area contributed by atoms with Crippen molar-refractivity contribution in [3.05, 3.63) is 77.1 Å². The summed E-state index contributed by atoms with van der Waals surface area (Å²) in [7, 11) is 1.65. The van der Waals surface area contributed by atoms with Crippen molar-refractivity contribution in [3.8, 4) is 11.1 Å². The third-order valence-electron chi connectivity index (χ3n) is 8.05. The number of benzene rings is 1. The smallest absolute Gasteiger partial charge is 0.274 e. The van der Waals surface area contributed by atoms with E-state index in [0.29, 0.717) is 24.3 Å². The first-order valence-electron chi connectivity index (χ1n) is 12.6. The summed E-state index contributed by atoms with van der Waals surface area (Å²) < 4.78 is 12.6. The van der Waals surface area contributed by atoms with Crippen molar-refractivity contribution in [2.24, 2.45) is 0 Å². The van der Waals surface area contributed by atoms with Crippen LogP contribution in [0.25, 0.3) is 16.8 Å². The van der Waals surface area contributed by atoms with E-state index >= 15 is 0 Å². The fourth-order valence-electron chi connectivity index (χ4n) is 5.68. The molecule has 0 aliphatic carbocycles. The van der Waals surface area contributed by atoms with Gasteiger partial charge in [-0.3, -0.25) is 4.79 Å². The Hall–Kier alpha value is -3.53.